The Morgan fingerprint density at radius 1 is 1.06 bits per heavy atom. The number of likely N-dealkylation sites (N-methyl/N-ethyl adjacent to an activating group) is 2. The van der Waals surface area contributed by atoms with Crippen LogP contribution < -0.4 is 0 Å². The van der Waals surface area contributed by atoms with Crippen molar-refractivity contribution in [2.75, 3.05) is 40.3 Å². The van der Waals surface area contributed by atoms with E-state index in [4.69, 9.17) is 0 Å². The molecule has 5 heterocycles. The third-order valence-corrected chi connectivity index (χ3v) is 5.67. The Hall–Kier alpha value is -3.17. The van der Waals surface area contributed by atoms with E-state index in [9.17, 15) is 13.2 Å². The number of H-pyrrole nitrogens is 1. The average molecular weight is 442 g/mol. The molecule has 6 nitrogen and oxygen atoms in total. The maximum Gasteiger partial charge on any atom is 0.417 e. The van der Waals surface area contributed by atoms with E-state index in [1.165, 1.54) is 26.2 Å². The molecule has 32 heavy (non-hydrogen) atoms. The smallest absolute Gasteiger partial charge is 0.346 e. The molecule has 168 valence electrons. The number of rotatable bonds is 2. The van der Waals surface area contributed by atoms with Crippen molar-refractivity contribution in [3.05, 3.63) is 60.7 Å². The molecule has 0 radical (unpaired) electrons. The van der Waals surface area contributed by atoms with Crippen molar-refractivity contribution in [3.63, 3.8) is 0 Å². The summed E-state index contributed by atoms with van der Waals surface area (Å²) >= 11 is 0. The Balaban J connectivity index is 0.000000260. The number of halogens is 3. The van der Waals surface area contributed by atoms with E-state index in [0.29, 0.717) is 16.6 Å². The van der Waals surface area contributed by atoms with Crippen LogP contribution in [0.5, 0.6) is 0 Å². The van der Waals surface area contributed by atoms with Crippen LogP contribution in [0.3, 0.4) is 0 Å². The summed E-state index contributed by atoms with van der Waals surface area (Å²) in [6.07, 6.45) is 3.19. The van der Waals surface area contributed by atoms with Crippen LogP contribution in [-0.4, -0.2) is 69.7 Å². The summed E-state index contributed by atoms with van der Waals surface area (Å²) in [5, 5.41) is 4.62. The highest BCUT2D eigenvalue weighted by Crippen LogP contribution is 2.34. The molecular formula is C23H25F3N6. The number of piperazine rings is 1. The maximum absolute atomic E-state index is 12.9. The lowest BCUT2D eigenvalue weighted by molar-refractivity contribution is -0.137. The summed E-state index contributed by atoms with van der Waals surface area (Å²) in [5.41, 5.74) is 2.76. The molecule has 1 aliphatic rings. The summed E-state index contributed by atoms with van der Waals surface area (Å²) < 4.78 is 40.5. The van der Waals surface area contributed by atoms with E-state index in [1.54, 1.807) is 35.2 Å². The topological polar surface area (TPSA) is 52.5 Å². The van der Waals surface area contributed by atoms with Gasteiger partial charge in [0.1, 0.15) is 5.65 Å². The van der Waals surface area contributed by atoms with Crippen molar-refractivity contribution in [2.24, 2.45) is 0 Å². The fourth-order valence-electron chi connectivity index (χ4n) is 3.63. The normalized spacial score (nSPS) is 15.7. The molecule has 1 saturated heterocycles. The van der Waals surface area contributed by atoms with Gasteiger partial charge in [0, 0.05) is 61.3 Å². The van der Waals surface area contributed by atoms with Crippen molar-refractivity contribution in [1.82, 2.24) is 29.4 Å². The Morgan fingerprint density at radius 2 is 1.75 bits per heavy atom. The van der Waals surface area contributed by atoms with Crippen LogP contribution in [0.1, 0.15) is 11.1 Å². The number of alkyl halides is 3. The lowest BCUT2D eigenvalue weighted by atomic mass is 10.0. The van der Waals surface area contributed by atoms with Crippen molar-refractivity contribution in [3.8, 4) is 11.1 Å². The molecular weight excluding hydrogens is 417 g/mol. The Bertz CT molecular complexity index is 1220. The zero-order chi connectivity index (χ0) is 22.9. The zero-order valence-electron chi connectivity index (χ0n) is 18.0. The number of aromatic amines is 1. The maximum atomic E-state index is 12.9. The molecule has 5 rings (SSSR count). The average Bonchev–Trinajstić information content (AvgIpc) is 3.38. The highest BCUT2D eigenvalue weighted by Gasteiger charge is 2.31. The van der Waals surface area contributed by atoms with Crippen LogP contribution in [0.25, 0.3) is 33.8 Å². The largest absolute Gasteiger partial charge is 0.417 e. The first-order valence-corrected chi connectivity index (χ1v) is 10.3. The number of nitrogens with zero attached hydrogens (tertiary/aromatic N) is 5. The lowest BCUT2D eigenvalue weighted by Gasteiger charge is -2.28. The molecule has 0 spiro atoms. The zero-order valence-corrected chi connectivity index (χ0v) is 18.0. The van der Waals surface area contributed by atoms with Crippen molar-refractivity contribution < 1.29 is 13.2 Å². The highest BCUT2D eigenvalue weighted by atomic mass is 19.4. The highest BCUT2D eigenvalue weighted by molar-refractivity contribution is 5.94. The third kappa shape index (κ3) is 4.53. The third-order valence-electron chi connectivity index (χ3n) is 5.67. The minimum absolute atomic E-state index is 0.412. The van der Waals surface area contributed by atoms with Crippen molar-refractivity contribution in [2.45, 2.75) is 6.18 Å². The number of nitrogens with one attached hydrogen (secondary N) is 1. The van der Waals surface area contributed by atoms with Gasteiger partial charge in [-0.1, -0.05) is 12.7 Å². The van der Waals surface area contributed by atoms with E-state index in [-0.39, 0.29) is 0 Å². The van der Waals surface area contributed by atoms with Gasteiger partial charge in [-0.05, 0) is 37.9 Å². The first-order chi connectivity index (χ1) is 15.3. The van der Waals surface area contributed by atoms with E-state index in [1.807, 2.05) is 6.07 Å². The van der Waals surface area contributed by atoms with Gasteiger partial charge >= 0.3 is 6.18 Å². The summed E-state index contributed by atoms with van der Waals surface area (Å²) in [5.74, 6) is 0. The SMILES string of the molecule is C=Cc1cnn2ccc(-c3c[nH]c4ncc(C(F)(F)F)cc34)cc12.CN1CCN(C)CC1. The van der Waals surface area contributed by atoms with Gasteiger partial charge in [-0.15, -0.1) is 0 Å². The van der Waals surface area contributed by atoms with Crippen LogP contribution in [-0.2, 0) is 6.18 Å². The van der Waals surface area contributed by atoms with E-state index in [0.717, 1.165) is 28.9 Å². The van der Waals surface area contributed by atoms with Crippen molar-refractivity contribution >= 4 is 22.6 Å². The molecule has 4 aromatic heterocycles. The second-order valence-electron chi connectivity index (χ2n) is 7.98. The molecule has 0 bridgehead atoms. The number of hydrogen-bond donors (Lipinski definition) is 1. The molecule has 0 unspecified atom stereocenters. The quantitative estimate of drug-likeness (QED) is 0.500. The van der Waals surface area contributed by atoms with E-state index < -0.39 is 11.7 Å². The molecule has 1 fully saturated rings. The molecule has 0 aliphatic carbocycles. The molecule has 0 amide bonds. The van der Waals surface area contributed by atoms with Crippen LogP contribution in [0.4, 0.5) is 13.2 Å². The monoisotopic (exact) mass is 442 g/mol. The molecule has 1 aliphatic heterocycles. The Morgan fingerprint density at radius 3 is 2.38 bits per heavy atom. The molecule has 0 aromatic carbocycles. The summed E-state index contributed by atoms with van der Waals surface area (Å²) in [6.45, 7) is 8.67. The second-order valence-corrected chi connectivity index (χ2v) is 7.98. The van der Waals surface area contributed by atoms with Gasteiger partial charge in [0.2, 0.25) is 0 Å². The van der Waals surface area contributed by atoms with Gasteiger partial charge in [-0.25, -0.2) is 9.50 Å². The van der Waals surface area contributed by atoms with Crippen LogP contribution >= 0.6 is 0 Å². The van der Waals surface area contributed by atoms with Crippen LogP contribution in [0.15, 0.2) is 49.6 Å². The molecule has 1 N–H and O–H groups in total. The molecule has 0 atom stereocenters. The summed E-state index contributed by atoms with van der Waals surface area (Å²) in [7, 11) is 4.35. The predicted molar refractivity (Wildman–Crippen MR) is 120 cm³/mol. The molecule has 0 saturated carbocycles. The minimum Gasteiger partial charge on any atom is -0.346 e. The van der Waals surface area contributed by atoms with Gasteiger partial charge in [-0.2, -0.15) is 18.3 Å². The molecule has 9 heteroatoms. The van der Waals surface area contributed by atoms with Crippen molar-refractivity contribution in [1.29, 1.82) is 0 Å². The Labute approximate surface area is 184 Å². The van der Waals surface area contributed by atoms with E-state index >= 15 is 0 Å². The molecule has 4 aromatic rings. The van der Waals surface area contributed by atoms with E-state index in [2.05, 4.69) is 45.5 Å². The van der Waals surface area contributed by atoms with Gasteiger partial charge in [0.25, 0.3) is 0 Å². The second kappa shape index (κ2) is 8.76. The summed E-state index contributed by atoms with van der Waals surface area (Å²) in [4.78, 5) is 11.5. The Kier molecular flexibility index (Phi) is 6.03. The fourth-order valence-corrected chi connectivity index (χ4v) is 3.63. The predicted octanol–water partition coefficient (Wildman–Crippen LogP) is 4.40. The number of fused-ring (bicyclic) bond motifs is 2. The number of aromatic nitrogens is 4. The number of hydrogen-bond acceptors (Lipinski definition) is 4. The summed E-state index contributed by atoms with van der Waals surface area (Å²) in [6, 6.07) is 4.78. The van der Waals surface area contributed by atoms with Gasteiger partial charge in [-0.3, -0.25) is 0 Å². The first kappa shape index (κ1) is 22.0. The van der Waals surface area contributed by atoms with Gasteiger partial charge in [0.05, 0.1) is 17.3 Å². The first-order valence-electron chi connectivity index (χ1n) is 10.3. The van der Waals surface area contributed by atoms with Gasteiger partial charge in [0.15, 0.2) is 0 Å². The fraction of sp³-hybridized carbons (Fsp3) is 0.304. The number of pyridine rings is 2. The standard InChI is InChI=1S/C17H11F3N4.C6H14N2/c1-2-10-7-23-24-4-3-11(5-15(10)24)14-9-22-16-13(14)6-12(8-21-16)17(18,19)20;1-7-3-5-8(2)6-4-7/h2-9H,1H2,(H,21,22);3-6H2,1-2H3. The van der Waals surface area contributed by atoms with Gasteiger partial charge < -0.3 is 14.8 Å². The van der Waals surface area contributed by atoms with Crippen LogP contribution in [0, 0.1) is 0 Å². The van der Waals surface area contributed by atoms with Crippen LogP contribution in [0.2, 0.25) is 0 Å². The lowest BCUT2D eigenvalue weighted by Crippen LogP contribution is -2.42. The minimum atomic E-state index is -4.43.